The number of hydrogen-bond acceptors (Lipinski definition) is 3. The predicted molar refractivity (Wildman–Crippen MR) is 70.9 cm³/mol. The maximum atomic E-state index is 9.42. The van der Waals surface area contributed by atoms with Crippen LogP contribution in [0.5, 0.6) is 5.75 Å². The number of benzene rings is 1. The van der Waals surface area contributed by atoms with E-state index in [4.69, 9.17) is 0 Å². The Hall–Kier alpha value is -0.580. The first-order valence-corrected chi connectivity index (χ1v) is 6.83. The van der Waals surface area contributed by atoms with Gasteiger partial charge < -0.3 is 15.5 Å². The lowest BCUT2D eigenvalue weighted by molar-refractivity contribution is 0.116. The molecule has 1 aliphatic rings. The molecule has 0 aromatic heterocycles. The van der Waals surface area contributed by atoms with Crippen molar-refractivity contribution in [2.75, 3.05) is 0 Å². The Morgan fingerprint density at radius 2 is 1.94 bits per heavy atom. The highest BCUT2D eigenvalue weighted by molar-refractivity contribution is 9.10. The summed E-state index contributed by atoms with van der Waals surface area (Å²) >= 11 is 3.31. The SMILES string of the molecule is Oc1ccc(CNC2CCC(O)CC2)cc1Br. The van der Waals surface area contributed by atoms with Crippen LogP contribution in [0.25, 0.3) is 0 Å². The molecule has 94 valence electrons. The van der Waals surface area contributed by atoms with Crippen molar-refractivity contribution in [1.29, 1.82) is 0 Å². The summed E-state index contributed by atoms with van der Waals surface area (Å²) in [6.45, 7) is 0.805. The first-order chi connectivity index (χ1) is 8.15. The third kappa shape index (κ3) is 3.69. The van der Waals surface area contributed by atoms with E-state index in [0.29, 0.717) is 6.04 Å². The average molecular weight is 300 g/mol. The van der Waals surface area contributed by atoms with Crippen molar-refractivity contribution < 1.29 is 10.2 Å². The maximum absolute atomic E-state index is 9.42. The highest BCUT2D eigenvalue weighted by atomic mass is 79.9. The second-order valence-electron chi connectivity index (χ2n) is 4.67. The van der Waals surface area contributed by atoms with Crippen molar-refractivity contribution in [2.24, 2.45) is 0 Å². The standard InChI is InChI=1S/C13H18BrNO2/c14-12-7-9(1-6-13(12)17)8-15-10-2-4-11(16)5-3-10/h1,6-7,10-11,15-17H,2-5,8H2. The zero-order valence-electron chi connectivity index (χ0n) is 9.69. The molecule has 0 heterocycles. The molecule has 0 amide bonds. The molecule has 0 saturated heterocycles. The van der Waals surface area contributed by atoms with Gasteiger partial charge in [0.25, 0.3) is 0 Å². The van der Waals surface area contributed by atoms with E-state index >= 15 is 0 Å². The van der Waals surface area contributed by atoms with Gasteiger partial charge in [-0.1, -0.05) is 6.07 Å². The summed E-state index contributed by atoms with van der Waals surface area (Å²) in [6.07, 6.45) is 3.78. The molecule has 17 heavy (non-hydrogen) atoms. The van der Waals surface area contributed by atoms with Crippen molar-refractivity contribution in [2.45, 2.75) is 44.4 Å². The largest absolute Gasteiger partial charge is 0.507 e. The van der Waals surface area contributed by atoms with Gasteiger partial charge in [-0.3, -0.25) is 0 Å². The third-order valence-corrected chi connectivity index (χ3v) is 3.94. The van der Waals surface area contributed by atoms with Crippen molar-refractivity contribution in [1.82, 2.24) is 5.32 Å². The first kappa shape index (κ1) is 12.9. The maximum Gasteiger partial charge on any atom is 0.129 e. The molecular weight excluding hydrogens is 282 g/mol. The van der Waals surface area contributed by atoms with Crippen molar-refractivity contribution in [3.05, 3.63) is 28.2 Å². The van der Waals surface area contributed by atoms with Gasteiger partial charge in [0.2, 0.25) is 0 Å². The van der Waals surface area contributed by atoms with Crippen molar-refractivity contribution in [3.8, 4) is 5.75 Å². The Bertz CT molecular complexity index is 376. The first-order valence-electron chi connectivity index (χ1n) is 6.04. The van der Waals surface area contributed by atoms with Gasteiger partial charge in [-0.05, 0) is 59.3 Å². The van der Waals surface area contributed by atoms with Crippen LogP contribution in [-0.4, -0.2) is 22.4 Å². The second-order valence-corrected chi connectivity index (χ2v) is 5.53. The summed E-state index contributed by atoms with van der Waals surface area (Å²) < 4.78 is 0.732. The Balaban J connectivity index is 1.83. The number of aliphatic hydroxyl groups excluding tert-OH is 1. The highest BCUT2D eigenvalue weighted by Gasteiger charge is 2.18. The summed E-state index contributed by atoms with van der Waals surface area (Å²) in [4.78, 5) is 0. The Morgan fingerprint density at radius 1 is 1.24 bits per heavy atom. The van der Waals surface area contributed by atoms with Gasteiger partial charge in [-0.15, -0.1) is 0 Å². The normalized spacial score (nSPS) is 24.8. The van der Waals surface area contributed by atoms with E-state index in [9.17, 15) is 10.2 Å². The lowest BCUT2D eigenvalue weighted by atomic mass is 9.93. The molecule has 3 nitrogen and oxygen atoms in total. The smallest absolute Gasteiger partial charge is 0.129 e. The van der Waals surface area contributed by atoms with Gasteiger partial charge >= 0.3 is 0 Å². The number of halogens is 1. The van der Waals surface area contributed by atoms with Crippen LogP contribution in [0.4, 0.5) is 0 Å². The molecule has 1 aromatic carbocycles. The summed E-state index contributed by atoms with van der Waals surface area (Å²) in [7, 11) is 0. The number of nitrogens with one attached hydrogen (secondary N) is 1. The third-order valence-electron chi connectivity index (χ3n) is 3.30. The van der Waals surface area contributed by atoms with Crippen LogP contribution < -0.4 is 5.32 Å². The van der Waals surface area contributed by atoms with Gasteiger partial charge in [-0.25, -0.2) is 0 Å². The van der Waals surface area contributed by atoms with Gasteiger partial charge in [0.15, 0.2) is 0 Å². The lowest BCUT2D eigenvalue weighted by Gasteiger charge is -2.26. The molecule has 0 aliphatic heterocycles. The summed E-state index contributed by atoms with van der Waals surface area (Å²) in [6, 6.07) is 6.06. The molecule has 2 rings (SSSR count). The van der Waals surface area contributed by atoms with Gasteiger partial charge in [0.05, 0.1) is 10.6 Å². The van der Waals surface area contributed by atoms with E-state index in [2.05, 4.69) is 21.2 Å². The van der Waals surface area contributed by atoms with E-state index in [-0.39, 0.29) is 11.9 Å². The average Bonchev–Trinajstić information content (AvgIpc) is 2.33. The van der Waals surface area contributed by atoms with Crippen LogP contribution in [0.3, 0.4) is 0 Å². The fraction of sp³-hybridized carbons (Fsp3) is 0.538. The summed E-state index contributed by atoms with van der Waals surface area (Å²) in [5.41, 5.74) is 1.15. The monoisotopic (exact) mass is 299 g/mol. The Kier molecular flexibility index (Phi) is 4.42. The van der Waals surface area contributed by atoms with Crippen LogP contribution in [0.2, 0.25) is 0 Å². The number of hydrogen-bond donors (Lipinski definition) is 3. The molecule has 1 aliphatic carbocycles. The molecule has 0 radical (unpaired) electrons. The Morgan fingerprint density at radius 3 is 2.59 bits per heavy atom. The van der Waals surface area contributed by atoms with E-state index in [1.165, 1.54) is 0 Å². The minimum absolute atomic E-state index is 0.101. The fourth-order valence-electron chi connectivity index (χ4n) is 2.20. The molecule has 1 fully saturated rings. The predicted octanol–water partition coefficient (Wildman–Crippen LogP) is 2.55. The Labute approximate surface area is 110 Å². The zero-order chi connectivity index (χ0) is 12.3. The number of phenols is 1. The fourth-order valence-corrected chi connectivity index (χ4v) is 2.63. The quantitative estimate of drug-likeness (QED) is 0.804. The molecule has 1 aromatic rings. The molecular formula is C13H18BrNO2. The topological polar surface area (TPSA) is 52.5 Å². The molecule has 1 saturated carbocycles. The van der Waals surface area contributed by atoms with Crippen LogP contribution in [0, 0.1) is 0 Å². The van der Waals surface area contributed by atoms with E-state index in [1.807, 2.05) is 12.1 Å². The zero-order valence-corrected chi connectivity index (χ0v) is 11.3. The van der Waals surface area contributed by atoms with Crippen LogP contribution in [-0.2, 0) is 6.54 Å². The van der Waals surface area contributed by atoms with Crippen LogP contribution >= 0.6 is 15.9 Å². The molecule has 0 bridgehead atoms. The number of rotatable bonds is 3. The second kappa shape index (κ2) is 5.85. The van der Waals surface area contributed by atoms with E-state index in [0.717, 1.165) is 42.3 Å². The van der Waals surface area contributed by atoms with Crippen LogP contribution in [0.15, 0.2) is 22.7 Å². The van der Waals surface area contributed by atoms with E-state index in [1.54, 1.807) is 6.07 Å². The lowest BCUT2D eigenvalue weighted by Crippen LogP contribution is -2.34. The molecule has 0 spiro atoms. The highest BCUT2D eigenvalue weighted by Crippen LogP contribution is 2.24. The molecule has 3 N–H and O–H groups in total. The summed E-state index contributed by atoms with van der Waals surface area (Å²) in [5, 5.41) is 22.3. The van der Waals surface area contributed by atoms with Crippen LogP contribution in [0.1, 0.15) is 31.2 Å². The summed E-state index contributed by atoms with van der Waals surface area (Å²) in [5.74, 6) is 0.273. The minimum Gasteiger partial charge on any atom is -0.507 e. The molecule has 4 heteroatoms. The van der Waals surface area contributed by atoms with Crippen molar-refractivity contribution in [3.63, 3.8) is 0 Å². The van der Waals surface area contributed by atoms with Crippen molar-refractivity contribution >= 4 is 15.9 Å². The number of aliphatic hydroxyl groups is 1. The van der Waals surface area contributed by atoms with E-state index < -0.39 is 0 Å². The van der Waals surface area contributed by atoms with Gasteiger partial charge in [0, 0.05) is 12.6 Å². The van der Waals surface area contributed by atoms with Gasteiger partial charge in [-0.2, -0.15) is 0 Å². The van der Waals surface area contributed by atoms with Gasteiger partial charge in [0.1, 0.15) is 5.75 Å². The number of phenolic OH excluding ortho intramolecular Hbond substituents is 1. The number of aromatic hydroxyl groups is 1. The minimum atomic E-state index is -0.101. The molecule has 0 unspecified atom stereocenters. The molecule has 0 atom stereocenters.